The first kappa shape index (κ1) is 21.1. The van der Waals surface area contributed by atoms with Crippen molar-refractivity contribution in [3.05, 3.63) is 70.8 Å². The Kier molecular flexibility index (Phi) is 6.62. The Bertz CT molecular complexity index is 918. The number of urea groups is 1. The number of piperidine rings is 1. The maximum absolute atomic E-state index is 12.5. The van der Waals surface area contributed by atoms with Crippen LogP contribution in [0.3, 0.4) is 0 Å². The van der Waals surface area contributed by atoms with E-state index >= 15 is 0 Å². The summed E-state index contributed by atoms with van der Waals surface area (Å²) >= 11 is 0. The summed E-state index contributed by atoms with van der Waals surface area (Å²) in [6, 6.07) is 15.0. The summed E-state index contributed by atoms with van der Waals surface area (Å²) in [5.41, 5.74) is 3.71. The molecule has 2 saturated heterocycles. The van der Waals surface area contributed by atoms with E-state index in [2.05, 4.69) is 39.8 Å². The predicted octanol–water partition coefficient (Wildman–Crippen LogP) is 2.65. The van der Waals surface area contributed by atoms with Gasteiger partial charge in [0.2, 0.25) is 5.91 Å². The molecule has 0 aromatic heterocycles. The summed E-state index contributed by atoms with van der Waals surface area (Å²) in [4.78, 5) is 39.4. The Hall–Kier alpha value is -3.19. The lowest BCUT2D eigenvalue weighted by atomic mass is 10.1. The average Bonchev–Trinajstić information content (AvgIpc) is 3.12. The van der Waals surface area contributed by atoms with Crippen molar-refractivity contribution in [2.45, 2.75) is 38.9 Å². The van der Waals surface area contributed by atoms with E-state index in [1.807, 2.05) is 0 Å². The number of nitrogens with one attached hydrogen (secondary N) is 2. The lowest BCUT2D eigenvalue weighted by Gasteiger charge is -2.26. The Morgan fingerprint density at radius 2 is 1.45 bits per heavy atom. The van der Waals surface area contributed by atoms with Crippen molar-refractivity contribution in [3.63, 3.8) is 0 Å². The summed E-state index contributed by atoms with van der Waals surface area (Å²) in [5, 5.41) is 5.44. The summed E-state index contributed by atoms with van der Waals surface area (Å²) in [7, 11) is 0. The first-order valence-corrected chi connectivity index (χ1v) is 10.8. The zero-order chi connectivity index (χ0) is 21.6. The molecule has 31 heavy (non-hydrogen) atoms. The maximum atomic E-state index is 12.5. The van der Waals surface area contributed by atoms with Gasteiger partial charge in [-0.2, -0.15) is 0 Å². The minimum absolute atomic E-state index is 0.0402. The van der Waals surface area contributed by atoms with Gasteiger partial charge in [-0.3, -0.25) is 19.4 Å². The first-order chi connectivity index (χ1) is 15.1. The van der Waals surface area contributed by atoms with Crippen molar-refractivity contribution in [1.29, 1.82) is 0 Å². The van der Waals surface area contributed by atoms with Gasteiger partial charge in [-0.15, -0.1) is 0 Å². The van der Waals surface area contributed by atoms with Crippen molar-refractivity contribution < 1.29 is 14.4 Å². The highest BCUT2D eigenvalue weighted by Gasteiger charge is 2.28. The molecule has 0 unspecified atom stereocenters. The lowest BCUT2D eigenvalue weighted by molar-refractivity contribution is -0.125. The number of amides is 4. The summed E-state index contributed by atoms with van der Waals surface area (Å²) in [6.07, 6.45) is 3.92. The molecule has 2 heterocycles. The molecule has 7 nitrogen and oxygen atoms in total. The number of rotatable bonds is 7. The molecular weight excluding hydrogens is 392 g/mol. The molecule has 7 heteroatoms. The fraction of sp³-hybridized carbons (Fsp3) is 0.375. The molecule has 4 rings (SSSR count). The molecule has 0 saturated carbocycles. The number of carbonyl (C=O) groups excluding carboxylic acids is 3. The van der Waals surface area contributed by atoms with Crippen LogP contribution in [-0.4, -0.2) is 47.3 Å². The van der Waals surface area contributed by atoms with E-state index in [-0.39, 0.29) is 30.9 Å². The number of imide groups is 1. The number of benzene rings is 2. The largest absolute Gasteiger partial charge is 0.348 e. The van der Waals surface area contributed by atoms with E-state index in [4.69, 9.17) is 0 Å². The topological polar surface area (TPSA) is 81.8 Å². The minimum atomic E-state index is -0.381. The van der Waals surface area contributed by atoms with Crippen molar-refractivity contribution in [1.82, 2.24) is 20.4 Å². The smallest absolute Gasteiger partial charge is 0.324 e. The zero-order valence-corrected chi connectivity index (χ0v) is 17.6. The van der Waals surface area contributed by atoms with Gasteiger partial charge in [0.05, 0.1) is 13.1 Å². The second kappa shape index (κ2) is 9.75. The van der Waals surface area contributed by atoms with Crippen LogP contribution in [0.15, 0.2) is 48.5 Å². The number of likely N-dealkylation sites (tertiary alicyclic amines) is 1. The second-order valence-electron chi connectivity index (χ2n) is 8.17. The molecule has 162 valence electrons. The molecule has 2 aliphatic rings. The van der Waals surface area contributed by atoms with Gasteiger partial charge in [0, 0.05) is 18.7 Å². The highest BCUT2D eigenvalue weighted by atomic mass is 16.2. The van der Waals surface area contributed by atoms with Crippen LogP contribution in [0.5, 0.6) is 0 Å². The van der Waals surface area contributed by atoms with Gasteiger partial charge in [-0.25, -0.2) is 4.79 Å². The molecule has 0 radical (unpaired) electrons. The summed E-state index contributed by atoms with van der Waals surface area (Å²) in [6.45, 7) is 4.06. The fourth-order valence-electron chi connectivity index (χ4n) is 3.98. The molecule has 2 aliphatic heterocycles. The third-order valence-corrected chi connectivity index (χ3v) is 5.82. The summed E-state index contributed by atoms with van der Waals surface area (Å²) in [5.74, 6) is -0.396. The highest BCUT2D eigenvalue weighted by Crippen LogP contribution is 2.14. The summed E-state index contributed by atoms with van der Waals surface area (Å²) < 4.78 is 0. The van der Waals surface area contributed by atoms with Crippen molar-refractivity contribution in [3.8, 4) is 0 Å². The van der Waals surface area contributed by atoms with Crippen molar-refractivity contribution >= 4 is 17.8 Å². The maximum Gasteiger partial charge on any atom is 0.324 e. The van der Waals surface area contributed by atoms with Gasteiger partial charge in [0.25, 0.3) is 5.91 Å². The van der Waals surface area contributed by atoms with Gasteiger partial charge < -0.3 is 10.6 Å². The van der Waals surface area contributed by atoms with Gasteiger partial charge in [-0.05, 0) is 54.8 Å². The van der Waals surface area contributed by atoms with Crippen molar-refractivity contribution in [2.24, 2.45) is 0 Å². The molecule has 0 spiro atoms. The first-order valence-electron chi connectivity index (χ1n) is 10.8. The SMILES string of the molecule is O=C(NCc1ccc(CN2CCCCC2)cc1)c1ccc(CN2C(=O)CNC2=O)cc1. The van der Waals surface area contributed by atoms with Crippen LogP contribution in [-0.2, 0) is 24.4 Å². The van der Waals surface area contributed by atoms with Gasteiger partial charge in [-0.1, -0.05) is 42.8 Å². The van der Waals surface area contributed by atoms with E-state index in [1.165, 1.54) is 42.8 Å². The second-order valence-corrected chi connectivity index (χ2v) is 8.17. The zero-order valence-electron chi connectivity index (χ0n) is 17.6. The Balaban J connectivity index is 1.26. The molecule has 2 N–H and O–H groups in total. The fourth-order valence-corrected chi connectivity index (χ4v) is 3.98. The van der Waals surface area contributed by atoms with E-state index < -0.39 is 0 Å². The van der Waals surface area contributed by atoms with Crippen molar-refractivity contribution in [2.75, 3.05) is 19.6 Å². The van der Waals surface area contributed by atoms with Crippen LogP contribution in [0.4, 0.5) is 4.79 Å². The van der Waals surface area contributed by atoms with Gasteiger partial charge >= 0.3 is 6.03 Å². The quantitative estimate of drug-likeness (QED) is 0.675. The van der Waals surface area contributed by atoms with E-state index in [1.54, 1.807) is 24.3 Å². The molecule has 0 bridgehead atoms. The van der Waals surface area contributed by atoms with Crippen LogP contribution >= 0.6 is 0 Å². The third-order valence-electron chi connectivity index (χ3n) is 5.82. The molecule has 4 amide bonds. The van der Waals surface area contributed by atoms with Crippen LogP contribution in [0.1, 0.15) is 46.3 Å². The lowest BCUT2D eigenvalue weighted by Crippen LogP contribution is -2.30. The number of hydrogen-bond acceptors (Lipinski definition) is 4. The monoisotopic (exact) mass is 420 g/mol. The Morgan fingerprint density at radius 1 is 0.839 bits per heavy atom. The standard InChI is InChI=1S/C24H28N4O3/c29-22-15-26-24(31)28(22)17-20-8-10-21(11-9-20)23(30)25-14-18-4-6-19(7-5-18)16-27-12-2-1-3-13-27/h4-11H,1-3,12-17H2,(H,25,30)(H,26,31). The van der Waals surface area contributed by atoms with E-state index in [9.17, 15) is 14.4 Å². The molecule has 2 fully saturated rings. The van der Waals surface area contributed by atoms with Gasteiger partial charge in [0.15, 0.2) is 0 Å². The van der Waals surface area contributed by atoms with Crippen LogP contribution in [0, 0.1) is 0 Å². The third kappa shape index (κ3) is 5.49. The Labute approximate surface area is 182 Å². The number of nitrogens with zero attached hydrogens (tertiary/aromatic N) is 2. The average molecular weight is 421 g/mol. The van der Waals surface area contributed by atoms with Crippen LogP contribution in [0.25, 0.3) is 0 Å². The number of carbonyl (C=O) groups is 3. The van der Waals surface area contributed by atoms with Crippen LogP contribution in [0.2, 0.25) is 0 Å². The van der Waals surface area contributed by atoms with Gasteiger partial charge in [0.1, 0.15) is 0 Å². The Morgan fingerprint density at radius 3 is 2.10 bits per heavy atom. The van der Waals surface area contributed by atoms with E-state index in [0.29, 0.717) is 12.1 Å². The minimum Gasteiger partial charge on any atom is -0.348 e. The predicted molar refractivity (Wildman–Crippen MR) is 117 cm³/mol. The number of hydrogen-bond donors (Lipinski definition) is 2. The molecular formula is C24H28N4O3. The van der Waals surface area contributed by atoms with E-state index in [0.717, 1.165) is 17.7 Å². The molecule has 0 atom stereocenters. The molecule has 2 aromatic carbocycles. The molecule has 0 aliphatic carbocycles. The van der Waals surface area contributed by atoms with Crippen LogP contribution < -0.4 is 10.6 Å². The normalized spacial score (nSPS) is 17.0. The highest BCUT2D eigenvalue weighted by molar-refractivity contribution is 6.01. The molecule has 2 aromatic rings.